The highest BCUT2D eigenvalue weighted by molar-refractivity contribution is 4.63. The fourth-order valence-electron chi connectivity index (χ4n) is 2.65. The number of hydrogen-bond donors (Lipinski definition) is 9. The molecule has 10 nitrogen and oxygen atoms in total. The molecule has 0 radical (unpaired) electrons. The molecule has 0 amide bonds. The van der Waals surface area contributed by atoms with Gasteiger partial charge in [0.25, 0.3) is 0 Å². The van der Waals surface area contributed by atoms with Gasteiger partial charge in [-0.2, -0.15) is 0 Å². The SMILES string of the molecule is NCCNCCNCCNCCNCCNCCN(CCN)CCNCCN. The molecule has 170 valence electrons. The van der Waals surface area contributed by atoms with Crippen molar-refractivity contribution in [1.29, 1.82) is 0 Å². The minimum absolute atomic E-state index is 0.686. The molecule has 0 saturated carbocycles. The third-order valence-corrected chi connectivity index (χ3v) is 4.21. The molecule has 28 heavy (non-hydrogen) atoms. The van der Waals surface area contributed by atoms with E-state index in [-0.39, 0.29) is 0 Å². The van der Waals surface area contributed by atoms with Crippen molar-refractivity contribution in [1.82, 2.24) is 36.8 Å². The Bertz CT molecular complexity index is 283. The van der Waals surface area contributed by atoms with E-state index in [0.717, 1.165) is 98.2 Å². The lowest BCUT2D eigenvalue weighted by atomic mass is 10.4. The largest absolute Gasteiger partial charge is 0.329 e. The Hall–Kier alpha value is -0.400. The molecule has 0 rings (SSSR count). The maximum Gasteiger partial charge on any atom is 0.0108 e. The number of hydrogen-bond acceptors (Lipinski definition) is 10. The second kappa shape index (κ2) is 24.6. The molecule has 0 aliphatic rings. The molecule has 0 aromatic carbocycles. The lowest BCUT2D eigenvalue weighted by molar-refractivity contribution is 0.280. The molecule has 0 atom stereocenters. The van der Waals surface area contributed by atoms with Crippen LogP contribution in [0.2, 0.25) is 0 Å². The van der Waals surface area contributed by atoms with E-state index in [1.807, 2.05) is 0 Å². The number of nitrogens with zero attached hydrogens (tertiary/aromatic N) is 1. The zero-order valence-electron chi connectivity index (χ0n) is 17.9. The number of nitrogens with two attached hydrogens (primary N) is 3. The monoisotopic (exact) mass is 404 g/mol. The van der Waals surface area contributed by atoms with Gasteiger partial charge in [0, 0.05) is 118 Å². The van der Waals surface area contributed by atoms with Gasteiger partial charge in [0.15, 0.2) is 0 Å². The third kappa shape index (κ3) is 21.9. The van der Waals surface area contributed by atoms with Crippen LogP contribution in [0.25, 0.3) is 0 Å². The summed E-state index contributed by atoms with van der Waals surface area (Å²) in [6.07, 6.45) is 0. The highest BCUT2D eigenvalue weighted by Gasteiger charge is 2.02. The molecule has 10 heteroatoms. The Morgan fingerprint density at radius 1 is 0.357 bits per heavy atom. The smallest absolute Gasteiger partial charge is 0.0108 e. The van der Waals surface area contributed by atoms with Crippen molar-refractivity contribution in [3.05, 3.63) is 0 Å². The topological polar surface area (TPSA) is 153 Å². The summed E-state index contributed by atoms with van der Waals surface area (Å²) in [4.78, 5) is 2.39. The molecule has 0 bridgehead atoms. The van der Waals surface area contributed by atoms with Crippen LogP contribution in [0.15, 0.2) is 0 Å². The number of rotatable bonds is 24. The predicted octanol–water partition coefficient (Wildman–Crippen LogP) is -4.30. The first-order valence-corrected chi connectivity index (χ1v) is 10.9. The van der Waals surface area contributed by atoms with Crippen LogP contribution in [0.5, 0.6) is 0 Å². The maximum absolute atomic E-state index is 5.69. The molecular formula is C18H48N10. The van der Waals surface area contributed by atoms with Crippen molar-refractivity contribution >= 4 is 0 Å². The molecule has 0 aromatic heterocycles. The van der Waals surface area contributed by atoms with E-state index in [9.17, 15) is 0 Å². The summed E-state index contributed by atoms with van der Waals surface area (Å²) < 4.78 is 0. The van der Waals surface area contributed by atoms with E-state index < -0.39 is 0 Å². The van der Waals surface area contributed by atoms with Crippen LogP contribution in [0.1, 0.15) is 0 Å². The van der Waals surface area contributed by atoms with Crippen molar-refractivity contribution < 1.29 is 0 Å². The minimum atomic E-state index is 0.686. The molecule has 0 saturated heterocycles. The summed E-state index contributed by atoms with van der Waals surface area (Å²) in [5.41, 5.74) is 16.6. The van der Waals surface area contributed by atoms with Crippen molar-refractivity contribution in [3.63, 3.8) is 0 Å². The van der Waals surface area contributed by atoms with Gasteiger partial charge in [-0.1, -0.05) is 0 Å². The van der Waals surface area contributed by atoms with Crippen LogP contribution in [0.3, 0.4) is 0 Å². The molecule has 0 heterocycles. The van der Waals surface area contributed by atoms with Gasteiger partial charge in [-0.25, -0.2) is 0 Å². The fourth-order valence-corrected chi connectivity index (χ4v) is 2.65. The molecule has 0 spiro atoms. The van der Waals surface area contributed by atoms with Crippen molar-refractivity contribution in [2.45, 2.75) is 0 Å². The van der Waals surface area contributed by atoms with Crippen LogP contribution < -0.4 is 49.1 Å². The van der Waals surface area contributed by atoms with Gasteiger partial charge in [-0.05, 0) is 0 Å². The zero-order valence-corrected chi connectivity index (χ0v) is 17.9. The highest BCUT2D eigenvalue weighted by atomic mass is 15.2. The van der Waals surface area contributed by atoms with Gasteiger partial charge < -0.3 is 49.1 Å². The Balaban J connectivity index is 3.26. The standard InChI is InChI=1S/C18H48N10/c19-1-4-22-6-7-24-8-9-25-10-11-26-12-13-27-15-18-28(16-3-21)17-14-23-5-2-20/h22-27H,1-21H2. The number of nitrogens with one attached hydrogen (secondary N) is 6. The van der Waals surface area contributed by atoms with Crippen LogP contribution in [0.4, 0.5) is 0 Å². The molecule has 0 aromatic rings. The molecule has 12 N–H and O–H groups in total. The third-order valence-electron chi connectivity index (χ3n) is 4.21. The second-order valence-corrected chi connectivity index (χ2v) is 6.71. The summed E-state index contributed by atoms with van der Waals surface area (Å²) in [5.74, 6) is 0. The van der Waals surface area contributed by atoms with Crippen LogP contribution in [-0.4, -0.2) is 123 Å². The molecular weight excluding hydrogens is 356 g/mol. The summed E-state index contributed by atoms with van der Waals surface area (Å²) in [6, 6.07) is 0. The summed E-state index contributed by atoms with van der Waals surface area (Å²) in [5, 5.41) is 20.3. The molecule has 0 fully saturated rings. The van der Waals surface area contributed by atoms with E-state index in [1.54, 1.807) is 0 Å². The molecule has 0 aliphatic carbocycles. The maximum atomic E-state index is 5.69. The van der Waals surface area contributed by atoms with Crippen molar-refractivity contribution in [3.8, 4) is 0 Å². The predicted molar refractivity (Wildman–Crippen MR) is 121 cm³/mol. The lowest BCUT2D eigenvalue weighted by Crippen LogP contribution is -2.41. The Morgan fingerprint density at radius 3 is 1.04 bits per heavy atom. The van der Waals surface area contributed by atoms with Gasteiger partial charge in [-0.3, -0.25) is 4.90 Å². The van der Waals surface area contributed by atoms with E-state index >= 15 is 0 Å². The highest BCUT2D eigenvalue weighted by Crippen LogP contribution is 1.84. The second-order valence-electron chi connectivity index (χ2n) is 6.71. The van der Waals surface area contributed by atoms with Crippen molar-refractivity contribution in [2.24, 2.45) is 17.2 Å². The zero-order chi connectivity index (χ0) is 20.5. The average molecular weight is 405 g/mol. The van der Waals surface area contributed by atoms with E-state index in [2.05, 4.69) is 36.8 Å². The quantitative estimate of drug-likeness (QED) is 0.0722. The van der Waals surface area contributed by atoms with Crippen LogP contribution >= 0.6 is 0 Å². The minimum Gasteiger partial charge on any atom is -0.329 e. The molecule has 0 unspecified atom stereocenters. The molecule has 0 aliphatic heterocycles. The summed E-state index contributed by atoms with van der Waals surface area (Å²) in [6.45, 7) is 16.7. The first kappa shape index (κ1) is 27.6. The summed E-state index contributed by atoms with van der Waals surface area (Å²) >= 11 is 0. The first-order valence-electron chi connectivity index (χ1n) is 10.9. The van der Waals surface area contributed by atoms with Crippen LogP contribution in [-0.2, 0) is 0 Å². The Morgan fingerprint density at radius 2 is 0.679 bits per heavy atom. The van der Waals surface area contributed by atoms with Crippen LogP contribution in [0, 0.1) is 0 Å². The summed E-state index contributed by atoms with van der Waals surface area (Å²) in [7, 11) is 0. The van der Waals surface area contributed by atoms with E-state index in [4.69, 9.17) is 17.2 Å². The van der Waals surface area contributed by atoms with E-state index in [0.29, 0.717) is 19.6 Å². The van der Waals surface area contributed by atoms with E-state index in [1.165, 1.54) is 0 Å². The normalized spacial score (nSPS) is 11.6. The van der Waals surface area contributed by atoms with Gasteiger partial charge in [0.05, 0.1) is 0 Å². The van der Waals surface area contributed by atoms with Gasteiger partial charge >= 0.3 is 0 Å². The Kier molecular flexibility index (Phi) is 24.3. The average Bonchev–Trinajstić information content (AvgIpc) is 2.70. The lowest BCUT2D eigenvalue weighted by Gasteiger charge is -2.22. The fraction of sp³-hybridized carbons (Fsp3) is 1.00. The van der Waals surface area contributed by atoms with Gasteiger partial charge in [-0.15, -0.1) is 0 Å². The van der Waals surface area contributed by atoms with Gasteiger partial charge in [0.1, 0.15) is 0 Å². The first-order chi connectivity index (χ1) is 13.8. The van der Waals surface area contributed by atoms with Gasteiger partial charge in [0.2, 0.25) is 0 Å². The Labute approximate surface area is 172 Å². The van der Waals surface area contributed by atoms with Crippen molar-refractivity contribution in [2.75, 3.05) is 118 Å².